The summed E-state index contributed by atoms with van der Waals surface area (Å²) in [7, 11) is 0. The van der Waals surface area contributed by atoms with Crippen molar-refractivity contribution in [2.45, 2.75) is 6.54 Å². The van der Waals surface area contributed by atoms with Crippen molar-refractivity contribution in [1.29, 1.82) is 5.26 Å². The van der Waals surface area contributed by atoms with Gasteiger partial charge in [-0.1, -0.05) is 36.4 Å². The summed E-state index contributed by atoms with van der Waals surface area (Å²) in [5.41, 5.74) is 2.02. The summed E-state index contributed by atoms with van der Waals surface area (Å²) in [5, 5.41) is 15.9. The number of rotatable bonds is 4. The molecule has 5 nitrogen and oxygen atoms in total. The zero-order chi connectivity index (χ0) is 16.1. The predicted octanol–water partition coefficient (Wildman–Crippen LogP) is 3.06. The molecule has 1 aromatic heterocycles. The minimum atomic E-state index is -0.285. The fraction of sp³-hybridized carbons (Fsp3) is 0.0556. The second kappa shape index (κ2) is 6.58. The Kier molecular flexibility index (Phi) is 4.16. The average Bonchev–Trinajstić information content (AvgIpc) is 3.02. The molecule has 3 aromatic rings. The van der Waals surface area contributed by atoms with E-state index in [4.69, 9.17) is 5.26 Å². The van der Waals surface area contributed by atoms with Crippen LogP contribution in [0.25, 0.3) is 0 Å². The molecule has 1 amide bonds. The van der Waals surface area contributed by atoms with Crippen LogP contribution in [0.2, 0.25) is 0 Å². The van der Waals surface area contributed by atoms with Gasteiger partial charge in [-0.2, -0.15) is 10.4 Å². The van der Waals surface area contributed by atoms with Crippen LogP contribution in [0.4, 0.5) is 5.82 Å². The summed E-state index contributed by atoms with van der Waals surface area (Å²) in [6.07, 6.45) is 1.81. The van der Waals surface area contributed by atoms with Crippen LogP contribution in [-0.2, 0) is 6.54 Å². The lowest BCUT2D eigenvalue weighted by Gasteiger charge is -2.03. The molecule has 0 unspecified atom stereocenters. The fourth-order valence-electron chi connectivity index (χ4n) is 2.21. The maximum Gasteiger partial charge on any atom is 0.256 e. The Morgan fingerprint density at radius 3 is 2.74 bits per heavy atom. The zero-order valence-electron chi connectivity index (χ0n) is 12.3. The zero-order valence-corrected chi connectivity index (χ0v) is 12.3. The molecule has 1 heterocycles. The van der Waals surface area contributed by atoms with E-state index in [1.165, 1.54) is 0 Å². The molecule has 2 aromatic carbocycles. The molecule has 0 spiro atoms. The van der Waals surface area contributed by atoms with Gasteiger partial charge in [-0.05, 0) is 23.8 Å². The fourth-order valence-corrected chi connectivity index (χ4v) is 2.21. The van der Waals surface area contributed by atoms with Crippen molar-refractivity contribution in [1.82, 2.24) is 9.78 Å². The van der Waals surface area contributed by atoms with E-state index in [0.29, 0.717) is 23.5 Å². The molecule has 0 saturated carbocycles. The van der Waals surface area contributed by atoms with Crippen LogP contribution in [0, 0.1) is 11.3 Å². The number of carbonyl (C=O) groups excluding carboxylic acids is 1. The largest absolute Gasteiger partial charge is 0.305 e. The Bertz CT molecular complexity index is 862. The van der Waals surface area contributed by atoms with Crippen molar-refractivity contribution in [3.05, 3.63) is 83.6 Å². The smallest absolute Gasteiger partial charge is 0.256 e. The minimum absolute atomic E-state index is 0.285. The number of nitrogens with one attached hydrogen (secondary N) is 1. The Morgan fingerprint density at radius 2 is 1.96 bits per heavy atom. The summed E-state index contributed by atoms with van der Waals surface area (Å²) >= 11 is 0. The van der Waals surface area contributed by atoms with Crippen molar-refractivity contribution in [3.63, 3.8) is 0 Å². The molecule has 112 valence electrons. The maximum atomic E-state index is 12.2. The van der Waals surface area contributed by atoms with Crippen molar-refractivity contribution in [3.8, 4) is 6.07 Å². The van der Waals surface area contributed by atoms with Gasteiger partial charge in [-0.3, -0.25) is 9.48 Å². The summed E-state index contributed by atoms with van der Waals surface area (Å²) in [6, 6.07) is 20.3. The van der Waals surface area contributed by atoms with Gasteiger partial charge in [-0.25, -0.2) is 0 Å². The van der Waals surface area contributed by atoms with E-state index in [9.17, 15) is 4.79 Å². The van der Waals surface area contributed by atoms with Crippen molar-refractivity contribution < 1.29 is 4.79 Å². The molecule has 5 heteroatoms. The van der Waals surface area contributed by atoms with E-state index < -0.39 is 0 Å². The molecule has 0 aliphatic rings. The van der Waals surface area contributed by atoms with E-state index in [1.807, 2.05) is 42.6 Å². The SMILES string of the molecule is N#Cc1cccc(C(=O)Nc2ccn(Cc3ccccc3)n2)c1. The Labute approximate surface area is 133 Å². The highest BCUT2D eigenvalue weighted by atomic mass is 16.1. The van der Waals surface area contributed by atoms with Crippen molar-refractivity contribution >= 4 is 11.7 Å². The molecule has 23 heavy (non-hydrogen) atoms. The number of amides is 1. The number of benzene rings is 2. The normalized spacial score (nSPS) is 10.0. The summed E-state index contributed by atoms with van der Waals surface area (Å²) in [5.74, 6) is 0.195. The molecule has 0 fully saturated rings. The first-order chi connectivity index (χ1) is 11.2. The molecule has 0 saturated heterocycles. The standard InChI is InChI=1S/C18H14N4O/c19-12-15-7-4-8-16(11-15)18(23)20-17-9-10-22(21-17)13-14-5-2-1-3-6-14/h1-11H,13H2,(H,20,21,23). The van der Waals surface area contributed by atoms with Gasteiger partial charge >= 0.3 is 0 Å². The predicted molar refractivity (Wildman–Crippen MR) is 86.9 cm³/mol. The molecular weight excluding hydrogens is 288 g/mol. The van der Waals surface area contributed by atoms with Crippen LogP contribution in [0.1, 0.15) is 21.5 Å². The molecule has 0 bridgehead atoms. The molecule has 0 aliphatic carbocycles. The number of hydrogen-bond donors (Lipinski definition) is 1. The van der Waals surface area contributed by atoms with Crippen molar-refractivity contribution in [2.75, 3.05) is 5.32 Å². The van der Waals surface area contributed by atoms with Crippen LogP contribution >= 0.6 is 0 Å². The lowest BCUT2D eigenvalue weighted by atomic mass is 10.1. The van der Waals surface area contributed by atoms with E-state index in [1.54, 1.807) is 35.0 Å². The highest BCUT2D eigenvalue weighted by Gasteiger charge is 2.08. The average molecular weight is 302 g/mol. The molecule has 0 radical (unpaired) electrons. The van der Waals surface area contributed by atoms with Crippen LogP contribution in [0.3, 0.4) is 0 Å². The molecule has 3 rings (SSSR count). The molecule has 1 N–H and O–H groups in total. The molecule has 0 atom stereocenters. The summed E-state index contributed by atoms with van der Waals surface area (Å²) in [6.45, 7) is 0.640. The maximum absolute atomic E-state index is 12.2. The lowest BCUT2D eigenvalue weighted by Crippen LogP contribution is -2.13. The molecular formula is C18H14N4O. The van der Waals surface area contributed by atoms with Gasteiger partial charge < -0.3 is 5.32 Å². The summed E-state index contributed by atoms with van der Waals surface area (Å²) in [4.78, 5) is 12.2. The molecule has 0 aliphatic heterocycles. The number of carbonyl (C=O) groups is 1. The highest BCUT2D eigenvalue weighted by molar-refractivity contribution is 6.03. The van der Waals surface area contributed by atoms with Crippen LogP contribution in [0.5, 0.6) is 0 Å². The third-order valence-corrected chi connectivity index (χ3v) is 3.32. The second-order valence-corrected chi connectivity index (χ2v) is 5.03. The van der Waals surface area contributed by atoms with E-state index in [2.05, 4.69) is 10.4 Å². The van der Waals surface area contributed by atoms with Crippen LogP contribution in [0.15, 0.2) is 66.9 Å². The van der Waals surface area contributed by atoms with Gasteiger partial charge in [-0.15, -0.1) is 0 Å². The number of nitrogens with zero attached hydrogens (tertiary/aromatic N) is 3. The van der Waals surface area contributed by atoms with E-state index in [0.717, 1.165) is 5.56 Å². The summed E-state index contributed by atoms with van der Waals surface area (Å²) < 4.78 is 1.76. The highest BCUT2D eigenvalue weighted by Crippen LogP contribution is 2.10. The first-order valence-corrected chi connectivity index (χ1v) is 7.13. The number of nitriles is 1. The van der Waals surface area contributed by atoms with Crippen LogP contribution < -0.4 is 5.32 Å². The van der Waals surface area contributed by atoms with E-state index in [-0.39, 0.29) is 5.91 Å². The number of anilines is 1. The topological polar surface area (TPSA) is 70.7 Å². The van der Waals surface area contributed by atoms with Gasteiger partial charge in [0.2, 0.25) is 0 Å². The minimum Gasteiger partial charge on any atom is -0.305 e. The Balaban J connectivity index is 1.69. The third-order valence-electron chi connectivity index (χ3n) is 3.32. The monoisotopic (exact) mass is 302 g/mol. The number of hydrogen-bond acceptors (Lipinski definition) is 3. The van der Waals surface area contributed by atoms with Gasteiger partial charge in [0.15, 0.2) is 5.82 Å². The third kappa shape index (κ3) is 3.63. The first-order valence-electron chi connectivity index (χ1n) is 7.13. The van der Waals surface area contributed by atoms with Gasteiger partial charge in [0.1, 0.15) is 0 Å². The van der Waals surface area contributed by atoms with Gasteiger partial charge in [0, 0.05) is 17.8 Å². The Morgan fingerprint density at radius 1 is 1.13 bits per heavy atom. The second-order valence-electron chi connectivity index (χ2n) is 5.03. The first kappa shape index (κ1) is 14.5. The Hall–Kier alpha value is -3.39. The van der Waals surface area contributed by atoms with E-state index >= 15 is 0 Å². The van der Waals surface area contributed by atoms with Gasteiger partial charge in [0.05, 0.1) is 18.2 Å². The van der Waals surface area contributed by atoms with Crippen LogP contribution in [-0.4, -0.2) is 15.7 Å². The quantitative estimate of drug-likeness (QED) is 0.805. The number of aromatic nitrogens is 2. The lowest BCUT2D eigenvalue weighted by molar-refractivity contribution is 0.102. The van der Waals surface area contributed by atoms with Crippen molar-refractivity contribution in [2.24, 2.45) is 0 Å². The van der Waals surface area contributed by atoms with Gasteiger partial charge in [0.25, 0.3) is 5.91 Å².